The summed E-state index contributed by atoms with van der Waals surface area (Å²) < 4.78 is 0. The maximum atomic E-state index is 2.46. The third-order valence-electron chi connectivity index (χ3n) is 4.37. The minimum Gasteiger partial charge on any atom is -0.371 e. The van der Waals surface area contributed by atoms with E-state index in [1.54, 1.807) is 0 Å². The van der Waals surface area contributed by atoms with Crippen LogP contribution in [-0.4, -0.2) is 13.1 Å². The number of rotatable bonds is 3. The minimum absolute atomic E-state index is 0.629. The number of benzene rings is 2. The van der Waals surface area contributed by atoms with Gasteiger partial charge in [0.15, 0.2) is 0 Å². The molecule has 0 aliphatic heterocycles. The van der Waals surface area contributed by atoms with E-state index in [0.29, 0.717) is 12.0 Å². The molecule has 3 rings (SSSR count). The van der Waals surface area contributed by atoms with Crippen LogP contribution in [0.4, 0.5) is 5.69 Å². The van der Waals surface area contributed by atoms with Crippen LogP contribution >= 0.6 is 0 Å². The molecule has 1 nitrogen and oxygen atoms in total. The first-order valence-corrected chi connectivity index (χ1v) is 7.19. The maximum absolute atomic E-state index is 2.46. The maximum Gasteiger partial charge on any atom is 0.0366 e. The number of para-hydroxylation sites is 1. The van der Waals surface area contributed by atoms with Gasteiger partial charge in [0.2, 0.25) is 0 Å². The van der Waals surface area contributed by atoms with Crippen molar-refractivity contribution in [2.24, 2.45) is 0 Å². The SMILES string of the molecule is CN(c1ccccc1)C1CCCC1c1ccccc1. The Hall–Kier alpha value is -1.76. The lowest BCUT2D eigenvalue weighted by Gasteiger charge is -2.32. The van der Waals surface area contributed by atoms with E-state index in [1.807, 2.05) is 0 Å². The molecule has 1 aliphatic carbocycles. The van der Waals surface area contributed by atoms with Crippen molar-refractivity contribution in [3.05, 3.63) is 66.2 Å². The van der Waals surface area contributed by atoms with Gasteiger partial charge in [-0.3, -0.25) is 0 Å². The Balaban J connectivity index is 1.84. The molecular weight excluding hydrogens is 230 g/mol. The highest BCUT2D eigenvalue weighted by atomic mass is 15.1. The highest BCUT2D eigenvalue weighted by molar-refractivity contribution is 5.47. The monoisotopic (exact) mass is 251 g/mol. The normalized spacial score (nSPS) is 22.4. The van der Waals surface area contributed by atoms with Crippen molar-refractivity contribution >= 4 is 5.69 Å². The fraction of sp³-hybridized carbons (Fsp3) is 0.333. The van der Waals surface area contributed by atoms with Crippen molar-refractivity contribution in [1.82, 2.24) is 0 Å². The van der Waals surface area contributed by atoms with E-state index < -0.39 is 0 Å². The van der Waals surface area contributed by atoms with Gasteiger partial charge in [-0.25, -0.2) is 0 Å². The van der Waals surface area contributed by atoms with Crippen LogP contribution in [-0.2, 0) is 0 Å². The average Bonchev–Trinajstić information content (AvgIpc) is 2.98. The van der Waals surface area contributed by atoms with Crippen LogP contribution in [0.3, 0.4) is 0 Å². The molecule has 0 N–H and O–H groups in total. The van der Waals surface area contributed by atoms with Crippen LogP contribution in [0.25, 0.3) is 0 Å². The average molecular weight is 251 g/mol. The Morgan fingerprint density at radius 2 is 1.47 bits per heavy atom. The molecule has 1 saturated carbocycles. The molecule has 1 heteroatoms. The van der Waals surface area contributed by atoms with Crippen molar-refractivity contribution in [3.63, 3.8) is 0 Å². The summed E-state index contributed by atoms with van der Waals surface area (Å²) in [4.78, 5) is 2.46. The zero-order valence-electron chi connectivity index (χ0n) is 11.5. The Kier molecular flexibility index (Phi) is 3.54. The van der Waals surface area contributed by atoms with Gasteiger partial charge in [-0.05, 0) is 30.5 Å². The van der Waals surface area contributed by atoms with Crippen molar-refractivity contribution in [2.45, 2.75) is 31.2 Å². The first kappa shape index (κ1) is 12.3. The van der Waals surface area contributed by atoms with E-state index >= 15 is 0 Å². The van der Waals surface area contributed by atoms with Crippen molar-refractivity contribution in [1.29, 1.82) is 0 Å². The summed E-state index contributed by atoms with van der Waals surface area (Å²) in [6.07, 6.45) is 3.94. The van der Waals surface area contributed by atoms with Gasteiger partial charge in [-0.2, -0.15) is 0 Å². The summed E-state index contributed by atoms with van der Waals surface area (Å²) >= 11 is 0. The van der Waals surface area contributed by atoms with Crippen molar-refractivity contribution < 1.29 is 0 Å². The van der Waals surface area contributed by atoms with Crippen LogP contribution in [0.5, 0.6) is 0 Å². The molecule has 98 valence electrons. The van der Waals surface area contributed by atoms with Crippen molar-refractivity contribution in [2.75, 3.05) is 11.9 Å². The smallest absolute Gasteiger partial charge is 0.0366 e. The molecule has 0 aromatic heterocycles. The van der Waals surface area contributed by atoms with E-state index in [1.165, 1.54) is 30.5 Å². The topological polar surface area (TPSA) is 3.24 Å². The minimum atomic E-state index is 0.629. The molecule has 2 aromatic carbocycles. The highest BCUT2D eigenvalue weighted by Crippen LogP contribution is 2.38. The van der Waals surface area contributed by atoms with E-state index in [2.05, 4.69) is 72.6 Å². The molecule has 2 unspecified atom stereocenters. The third kappa shape index (κ3) is 2.51. The molecule has 0 bridgehead atoms. The van der Waals surface area contributed by atoms with Crippen LogP contribution in [0.1, 0.15) is 30.7 Å². The molecule has 0 amide bonds. The summed E-state index contributed by atoms with van der Waals surface area (Å²) in [7, 11) is 2.24. The second kappa shape index (κ2) is 5.48. The van der Waals surface area contributed by atoms with Gasteiger partial charge in [0.25, 0.3) is 0 Å². The summed E-state index contributed by atoms with van der Waals surface area (Å²) in [5.41, 5.74) is 2.82. The van der Waals surface area contributed by atoms with Crippen LogP contribution in [0, 0.1) is 0 Å². The predicted molar refractivity (Wildman–Crippen MR) is 81.7 cm³/mol. The van der Waals surface area contributed by atoms with Gasteiger partial charge in [0.05, 0.1) is 0 Å². The lowest BCUT2D eigenvalue weighted by Crippen LogP contribution is -2.33. The van der Waals surface area contributed by atoms with Gasteiger partial charge in [0.1, 0.15) is 0 Å². The van der Waals surface area contributed by atoms with Crippen LogP contribution in [0.2, 0.25) is 0 Å². The van der Waals surface area contributed by atoms with Crippen LogP contribution in [0.15, 0.2) is 60.7 Å². The van der Waals surface area contributed by atoms with Gasteiger partial charge >= 0.3 is 0 Å². The zero-order valence-corrected chi connectivity index (χ0v) is 11.5. The number of likely N-dealkylation sites (N-methyl/N-ethyl adjacent to an activating group) is 1. The molecule has 0 saturated heterocycles. The lowest BCUT2D eigenvalue weighted by molar-refractivity contribution is 0.580. The Morgan fingerprint density at radius 1 is 0.842 bits per heavy atom. The molecule has 0 heterocycles. The molecular formula is C18H21N. The molecule has 1 aliphatic rings. The number of anilines is 1. The number of nitrogens with zero attached hydrogens (tertiary/aromatic N) is 1. The van der Waals surface area contributed by atoms with Gasteiger partial charge < -0.3 is 4.90 Å². The second-order valence-electron chi connectivity index (χ2n) is 5.46. The van der Waals surface area contributed by atoms with Crippen LogP contribution < -0.4 is 4.90 Å². The van der Waals surface area contributed by atoms with Gasteiger partial charge in [0, 0.05) is 24.7 Å². The lowest BCUT2D eigenvalue weighted by atomic mass is 9.93. The fourth-order valence-electron chi connectivity index (χ4n) is 3.35. The first-order valence-electron chi connectivity index (χ1n) is 7.19. The number of hydrogen-bond donors (Lipinski definition) is 0. The largest absolute Gasteiger partial charge is 0.371 e. The summed E-state index contributed by atoms with van der Waals surface area (Å²) in [5, 5.41) is 0. The standard InChI is InChI=1S/C18H21N/c1-19(16-11-6-3-7-12-16)18-14-8-13-17(18)15-9-4-2-5-10-15/h2-7,9-12,17-18H,8,13-14H2,1H3. The molecule has 2 aromatic rings. The zero-order chi connectivity index (χ0) is 13.1. The van der Waals surface area contributed by atoms with E-state index in [4.69, 9.17) is 0 Å². The Labute approximate surface area is 115 Å². The summed E-state index contributed by atoms with van der Waals surface area (Å²) in [6.45, 7) is 0. The molecule has 19 heavy (non-hydrogen) atoms. The Morgan fingerprint density at radius 3 is 2.16 bits per heavy atom. The Bertz CT molecular complexity index is 506. The fourth-order valence-corrected chi connectivity index (χ4v) is 3.35. The highest BCUT2D eigenvalue weighted by Gasteiger charge is 2.31. The van der Waals surface area contributed by atoms with E-state index in [9.17, 15) is 0 Å². The molecule has 1 fully saturated rings. The van der Waals surface area contributed by atoms with Gasteiger partial charge in [-0.1, -0.05) is 55.0 Å². The third-order valence-corrected chi connectivity index (χ3v) is 4.37. The predicted octanol–water partition coefficient (Wildman–Crippen LogP) is 4.46. The summed E-state index contributed by atoms with van der Waals surface area (Å²) in [5.74, 6) is 0.673. The molecule has 0 spiro atoms. The first-order chi connectivity index (χ1) is 9.36. The quantitative estimate of drug-likeness (QED) is 0.778. The molecule has 2 atom stereocenters. The summed E-state index contributed by atoms with van der Waals surface area (Å²) in [6, 6.07) is 22.4. The van der Waals surface area contributed by atoms with E-state index in [0.717, 1.165) is 0 Å². The second-order valence-corrected chi connectivity index (χ2v) is 5.46. The van der Waals surface area contributed by atoms with Crippen molar-refractivity contribution in [3.8, 4) is 0 Å². The van der Waals surface area contributed by atoms with E-state index in [-0.39, 0.29) is 0 Å². The number of hydrogen-bond acceptors (Lipinski definition) is 1. The molecule has 0 radical (unpaired) electrons. The van der Waals surface area contributed by atoms with Gasteiger partial charge in [-0.15, -0.1) is 0 Å².